The second-order valence-electron chi connectivity index (χ2n) is 3.35. The first-order chi connectivity index (χ1) is 8.22. The van der Waals surface area contributed by atoms with Crippen molar-refractivity contribution in [2.45, 2.75) is 19.3 Å². The monoisotopic (exact) mass is 244 g/mol. The number of hydrogen-bond donors (Lipinski definition) is 1. The van der Waals surface area contributed by atoms with E-state index in [2.05, 4.69) is 10.1 Å². The summed E-state index contributed by atoms with van der Waals surface area (Å²) in [5.41, 5.74) is 0. The van der Waals surface area contributed by atoms with Crippen LogP contribution in [0.1, 0.15) is 18.1 Å². The fourth-order valence-electron chi connectivity index (χ4n) is 1.11. The van der Waals surface area contributed by atoms with Gasteiger partial charge in [-0.3, -0.25) is 4.79 Å². The van der Waals surface area contributed by atoms with Crippen LogP contribution in [0, 0.1) is 0 Å². The van der Waals surface area contributed by atoms with Crippen LogP contribution in [-0.2, 0) is 27.1 Å². The first-order valence-corrected chi connectivity index (χ1v) is 5.32. The zero-order valence-corrected chi connectivity index (χ0v) is 9.72. The molecule has 0 fully saturated rings. The maximum absolute atomic E-state index is 10.3. The van der Waals surface area contributed by atoms with Crippen molar-refractivity contribution in [2.75, 3.05) is 26.9 Å². The van der Waals surface area contributed by atoms with E-state index in [0.717, 1.165) is 0 Å². The average Bonchev–Trinajstić information content (AvgIpc) is 2.74. The fourth-order valence-corrected chi connectivity index (χ4v) is 1.11. The fraction of sp³-hybridized carbons (Fsp3) is 0.700. The number of methoxy groups -OCH3 is 1. The van der Waals surface area contributed by atoms with Gasteiger partial charge in [-0.05, 0) is 0 Å². The Morgan fingerprint density at radius 2 is 2.18 bits per heavy atom. The van der Waals surface area contributed by atoms with E-state index in [4.69, 9.17) is 19.1 Å². The lowest BCUT2D eigenvalue weighted by atomic mass is 10.3. The van der Waals surface area contributed by atoms with Crippen LogP contribution in [0.2, 0.25) is 0 Å². The van der Waals surface area contributed by atoms with Crippen LogP contribution in [-0.4, -0.2) is 48.1 Å². The van der Waals surface area contributed by atoms with Gasteiger partial charge in [-0.25, -0.2) is 0 Å². The molecule has 0 amide bonds. The normalized spacial score (nSPS) is 10.6. The minimum atomic E-state index is -0.882. The zero-order chi connectivity index (χ0) is 12.5. The molecule has 1 aromatic heterocycles. The second-order valence-corrected chi connectivity index (χ2v) is 3.35. The molecule has 1 aromatic rings. The Balaban J connectivity index is 2.19. The van der Waals surface area contributed by atoms with Crippen LogP contribution in [0.5, 0.6) is 0 Å². The summed E-state index contributed by atoms with van der Waals surface area (Å²) in [6, 6.07) is 0. The number of aromatic nitrogens is 2. The number of hydrogen-bond acceptors (Lipinski definition) is 6. The molecule has 0 aliphatic heterocycles. The SMILES string of the molecule is COCCOCCc1noc(CCC(=O)O)n1. The molecule has 0 aliphatic rings. The summed E-state index contributed by atoms with van der Waals surface area (Å²) >= 11 is 0. The van der Waals surface area contributed by atoms with Gasteiger partial charge in [0.15, 0.2) is 5.82 Å². The molecule has 0 aliphatic carbocycles. The van der Waals surface area contributed by atoms with Crippen molar-refractivity contribution >= 4 is 5.97 Å². The molecule has 0 bridgehead atoms. The largest absolute Gasteiger partial charge is 0.481 e. The van der Waals surface area contributed by atoms with Crippen LogP contribution in [0.3, 0.4) is 0 Å². The quantitative estimate of drug-likeness (QED) is 0.624. The Morgan fingerprint density at radius 1 is 1.35 bits per heavy atom. The van der Waals surface area contributed by atoms with Gasteiger partial charge in [0.25, 0.3) is 0 Å². The van der Waals surface area contributed by atoms with Crippen LogP contribution in [0.15, 0.2) is 4.52 Å². The highest BCUT2D eigenvalue weighted by atomic mass is 16.5. The molecule has 7 nitrogen and oxygen atoms in total. The third-order valence-electron chi connectivity index (χ3n) is 1.96. The third-order valence-corrected chi connectivity index (χ3v) is 1.96. The Hall–Kier alpha value is -1.47. The Kier molecular flexibility index (Phi) is 6.19. The number of carbonyl (C=O) groups is 1. The highest BCUT2D eigenvalue weighted by molar-refractivity contribution is 5.66. The minimum Gasteiger partial charge on any atom is -0.481 e. The number of aliphatic carboxylic acids is 1. The van der Waals surface area contributed by atoms with E-state index in [1.165, 1.54) is 0 Å². The number of carboxylic acids is 1. The lowest BCUT2D eigenvalue weighted by Gasteiger charge is -1.99. The molecular formula is C10H16N2O5. The van der Waals surface area contributed by atoms with E-state index in [9.17, 15) is 4.79 Å². The summed E-state index contributed by atoms with van der Waals surface area (Å²) in [6.45, 7) is 1.57. The first kappa shape index (κ1) is 13.6. The molecule has 0 saturated carbocycles. The van der Waals surface area contributed by atoms with E-state index >= 15 is 0 Å². The predicted molar refractivity (Wildman–Crippen MR) is 56.7 cm³/mol. The van der Waals surface area contributed by atoms with Gasteiger partial charge in [-0.1, -0.05) is 5.16 Å². The van der Waals surface area contributed by atoms with E-state index in [0.29, 0.717) is 38.0 Å². The lowest BCUT2D eigenvalue weighted by molar-refractivity contribution is -0.137. The molecule has 0 aromatic carbocycles. The Bertz CT molecular complexity index is 339. The van der Waals surface area contributed by atoms with Crippen molar-refractivity contribution in [3.05, 3.63) is 11.7 Å². The number of rotatable bonds is 9. The van der Waals surface area contributed by atoms with Crippen molar-refractivity contribution in [1.29, 1.82) is 0 Å². The zero-order valence-electron chi connectivity index (χ0n) is 9.72. The number of aryl methyl sites for hydroxylation is 1. The highest BCUT2D eigenvalue weighted by Gasteiger charge is 2.08. The van der Waals surface area contributed by atoms with Crippen molar-refractivity contribution < 1.29 is 23.9 Å². The molecule has 17 heavy (non-hydrogen) atoms. The third kappa shape index (κ3) is 5.98. The summed E-state index contributed by atoms with van der Waals surface area (Å²) < 4.78 is 15.0. The molecule has 0 spiro atoms. The molecule has 1 N–H and O–H groups in total. The van der Waals surface area contributed by atoms with Gasteiger partial charge < -0.3 is 19.1 Å². The predicted octanol–water partition coefficient (Wildman–Crippen LogP) is 0.292. The Labute approximate surface area is 98.7 Å². The number of nitrogens with zero attached hydrogens (tertiary/aromatic N) is 2. The Morgan fingerprint density at radius 3 is 2.88 bits per heavy atom. The molecule has 0 saturated heterocycles. The van der Waals surface area contributed by atoms with Crippen LogP contribution in [0.4, 0.5) is 0 Å². The maximum atomic E-state index is 10.3. The van der Waals surface area contributed by atoms with Crippen molar-refractivity contribution in [3.8, 4) is 0 Å². The summed E-state index contributed by atoms with van der Waals surface area (Å²) in [5.74, 6) is -0.00486. The second kappa shape index (κ2) is 7.75. The number of ether oxygens (including phenoxy) is 2. The van der Waals surface area contributed by atoms with Crippen LogP contribution < -0.4 is 0 Å². The molecule has 1 rings (SSSR count). The van der Waals surface area contributed by atoms with E-state index < -0.39 is 5.97 Å². The van der Waals surface area contributed by atoms with E-state index in [1.807, 2.05) is 0 Å². The van der Waals surface area contributed by atoms with E-state index in [-0.39, 0.29) is 12.8 Å². The van der Waals surface area contributed by atoms with Crippen molar-refractivity contribution in [3.63, 3.8) is 0 Å². The summed E-state index contributed by atoms with van der Waals surface area (Å²) in [5, 5.41) is 12.2. The van der Waals surface area contributed by atoms with Crippen molar-refractivity contribution in [1.82, 2.24) is 10.1 Å². The van der Waals surface area contributed by atoms with Gasteiger partial charge in [-0.2, -0.15) is 4.98 Å². The molecular weight excluding hydrogens is 228 g/mol. The maximum Gasteiger partial charge on any atom is 0.303 e. The molecule has 0 unspecified atom stereocenters. The average molecular weight is 244 g/mol. The number of carboxylic acid groups (broad SMARTS) is 1. The van der Waals surface area contributed by atoms with E-state index in [1.54, 1.807) is 7.11 Å². The summed E-state index contributed by atoms with van der Waals surface area (Å²) in [6.07, 6.45) is 0.791. The first-order valence-electron chi connectivity index (χ1n) is 5.32. The van der Waals surface area contributed by atoms with Crippen molar-refractivity contribution in [2.24, 2.45) is 0 Å². The summed E-state index contributed by atoms with van der Waals surface area (Å²) in [4.78, 5) is 14.4. The van der Waals surface area contributed by atoms with Gasteiger partial charge in [0, 0.05) is 20.0 Å². The molecule has 0 atom stereocenters. The van der Waals surface area contributed by atoms with Gasteiger partial charge in [-0.15, -0.1) is 0 Å². The lowest BCUT2D eigenvalue weighted by Crippen LogP contribution is -2.05. The van der Waals surface area contributed by atoms with Gasteiger partial charge in [0.1, 0.15) is 0 Å². The molecule has 1 heterocycles. The molecule has 0 radical (unpaired) electrons. The van der Waals surface area contributed by atoms with Crippen LogP contribution >= 0.6 is 0 Å². The standard InChI is InChI=1S/C10H16N2O5/c1-15-6-7-16-5-4-8-11-9(17-12-8)2-3-10(13)14/h2-7H2,1H3,(H,13,14). The van der Waals surface area contributed by atoms with Gasteiger partial charge in [0.05, 0.1) is 26.2 Å². The summed E-state index contributed by atoms with van der Waals surface area (Å²) in [7, 11) is 1.61. The van der Waals surface area contributed by atoms with Gasteiger partial charge in [0.2, 0.25) is 5.89 Å². The smallest absolute Gasteiger partial charge is 0.303 e. The molecule has 7 heteroatoms. The van der Waals surface area contributed by atoms with Gasteiger partial charge >= 0.3 is 5.97 Å². The topological polar surface area (TPSA) is 94.7 Å². The molecule has 96 valence electrons. The highest BCUT2D eigenvalue weighted by Crippen LogP contribution is 2.01. The van der Waals surface area contributed by atoms with Crippen LogP contribution in [0.25, 0.3) is 0 Å². The minimum absolute atomic E-state index is 0.00796.